The molecule has 0 radical (unpaired) electrons. The van der Waals surface area contributed by atoms with Gasteiger partial charge >= 0.3 is 0 Å². The van der Waals surface area contributed by atoms with E-state index >= 15 is 0 Å². The van der Waals surface area contributed by atoms with Crippen LogP contribution in [0.25, 0.3) is 0 Å². The van der Waals surface area contributed by atoms with Crippen molar-refractivity contribution in [3.63, 3.8) is 0 Å². The zero-order valence-electron chi connectivity index (χ0n) is 13.8. The monoisotopic (exact) mass is 300 g/mol. The van der Waals surface area contributed by atoms with Crippen LogP contribution >= 0.6 is 0 Å². The maximum absolute atomic E-state index is 12.2. The number of amides is 1. The van der Waals surface area contributed by atoms with Crippen molar-refractivity contribution in [2.75, 3.05) is 18.9 Å². The number of carbonyl (C=O) groups is 1. The summed E-state index contributed by atoms with van der Waals surface area (Å²) >= 11 is 0. The van der Waals surface area contributed by atoms with E-state index in [2.05, 4.69) is 17.3 Å². The number of carbonyl (C=O) groups excluding carboxylic acids is 1. The molecular formula is C17H24N4O. The van der Waals surface area contributed by atoms with E-state index in [1.54, 1.807) is 0 Å². The van der Waals surface area contributed by atoms with Crippen molar-refractivity contribution in [3.05, 3.63) is 47.3 Å². The number of aromatic nitrogens is 2. The summed E-state index contributed by atoms with van der Waals surface area (Å²) in [6, 6.07) is 5.94. The molecule has 1 N–H and O–H groups in total. The van der Waals surface area contributed by atoms with Crippen molar-refractivity contribution in [3.8, 4) is 0 Å². The number of rotatable bonds is 6. The first-order valence-corrected chi connectivity index (χ1v) is 7.55. The third-order valence-electron chi connectivity index (χ3n) is 3.76. The lowest BCUT2D eigenvalue weighted by Crippen LogP contribution is -2.30. The molecule has 118 valence electrons. The molecule has 0 atom stereocenters. The Morgan fingerprint density at radius 2 is 2.14 bits per heavy atom. The molecular weight excluding hydrogens is 276 g/mol. The number of likely N-dealkylation sites (N-methyl/N-ethyl adjacent to an activating group) is 1. The van der Waals surface area contributed by atoms with Gasteiger partial charge in [-0.05, 0) is 45.0 Å². The van der Waals surface area contributed by atoms with Crippen LogP contribution in [-0.4, -0.2) is 34.2 Å². The van der Waals surface area contributed by atoms with E-state index in [1.165, 1.54) is 5.56 Å². The Kier molecular flexibility index (Phi) is 5.33. The summed E-state index contributed by atoms with van der Waals surface area (Å²) in [5.41, 5.74) is 4.29. The van der Waals surface area contributed by atoms with Crippen molar-refractivity contribution in [2.24, 2.45) is 0 Å². The van der Waals surface area contributed by atoms with Crippen LogP contribution in [0.1, 0.15) is 23.6 Å². The lowest BCUT2D eigenvalue weighted by Gasteiger charge is -2.16. The van der Waals surface area contributed by atoms with Crippen LogP contribution < -0.4 is 5.32 Å². The molecule has 22 heavy (non-hydrogen) atoms. The average molecular weight is 300 g/mol. The fraction of sp³-hybridized carbons (Fsp3) is 0.412. The van der Waals surface area contributed by atoms with Crippen LogP contribution in [0.2, 0.25) is 0 Å². The standard InChI is InChI=1S/C17H24N4O/c1-5-21-11-15(9-18-21)10-20(4)12-17(22)19-16-8-6-7-13(2)14(16)3/h6-9,11H,5,10,12H2,1-4H3,(H,19,22). The lowest BCUT2D eigenvalue weighted by molar-refractivity contribution is -0.117. The summed E-state index contributed by atoms with van der Waals surface area (Å²) in [6.45, 7) is 8.04. The van der Waals surface area contributed by atoms with Crippen molar-refractivity contribution < 1.29 is 4.79 Å². The molecule has 0 spiro atoms. The van der Waals surface area contributed by atoms with E-state index in [9.17, 15) is 4.79 Å². The Labute approximate surface area is 131 Å². The molecule has 1 heterocycles. The van der Waals surface area contributed by atoms with E-state index < -0.39 is 0 Å². The first kappa shape index (κ1) is 16.2. The second-order valence-electron chi connectivity index (χ2n) is 5.67. The minimum Gasteiger partial charge on any atom is -0.325 e. The van der Waals surface area contributed by atoms with Crippen molar-refractivity contribution in [1.29, 1.82) is 0 Å². The van der Waals surface area contributed by atoms with Gasteiger partial charge in [-0.3, -0.25) is 14.4 Å². The Hall–Kier alpha value is -2.14. The molecule has 1 aromatic carbocycles. The highest BCUT2D eigenvalue weighted by Gasteiger charge is 2.10. The molecule has 0 bridgehead atoms. The Morgan fingerprint density at radius 1 is 1.36 bits per heavy atom. The zero-order chi connectivity index (χ0) is 16.1. The highest BCUT2D eigenvalue weighted by Crippen LogP contribution is 2.17. The summed E-state index contributed by atoms with van der Waals surface area (Å²) in [5, 5.41) is 7.23. The number of nitrogens with one attached hydrogen (secondary N) is 1. The van der Waals surface area contributed by atoms with E-state index in [4.69, 9.17) is 0 Å². The molecule has 0 unspecified atom stereocenters. The van der Waals surface area contributed by atoms with Gasteiger partial charge in [0.25, 0.3) is 0 Å². The second-order valence-corrected chi connectivity index (χ2v) is 5.67. The molecule has 0 aliphatic heterocycles. The summed E-state index contributed by atoms with van der Waals surface area (Å²) < 4.78 is 1.89. The Bertz CT molecular complexity index is 648. The number of benzene rings is 1. The summed E-state index contributed by atoms with van der Waals surface area (Å²) in [7, 11) is 1.94. The summed E-state index contributed by atoms with van der Waals surface area (Å²) in [4.78, 5) is 14.1. The number of aryl methyl sites for hydroxylation is 2. The van der Waals surface area contributed by atoms with Crippen LogP contribution in [0, 0.1) is 13.8 Å². The van der Waals surface area contributed by atoms with Gasteiger partial charge in [-0.2, -0.15) is 5.10 Å². The van der Waals surface area contributed by atoms with Gasteiger partial charge in [-0.1, -0.05) is 12.1 Å². The topological polar surface area (TPSA) is 50.2 Å². The Morgan fingerprint density at radius 3 is 2.82 bits per heavy atom. The smallest absolute Gasteiger partial charge is 0.238 e. The normalized spacial score (nSPS) is 11.0. The summed E-state index contributed by atoms with van der Waals surface area (Å²) in [5.74, 6) is -0.000849. The van der Waals surface area contributed by atoms with Crippen LogP contribution in [0.3, 0.4) is 0 Å². The number of hydrogen-bond acceptors (Lipinski definition) is 3. The van der Waals surface area contributed by atoms with E-state index in [1.807, 2.05) is 61.1 Å². The van der Waals surface area contributed by atoms with Crippen molar-refractivity contribution in [1.82, 2.24) is 14.7 Å². The van der Waals surface area contributed by atoms with Crippen LogP contribution in [-0.2, 0) is 17.9 Å². The van der Waals surface area contributed by atoms with Gasteiger partial charge < -0.3 is 5.32 Å². The van der Waals surface area contributed by atoms with Gasteiger partial charge in [0, 0.05) is 30.5 Å². The SMILES string of the molecule is CCn1cc(CN(C)CC(=O)Nc2cccc(C)c2C)cn1. The summed E-state index contributed by atoms with van der Waals surface area (Å²) in [6.07, 6.45) is 3.86. The fourth-order valence-corrected chi connectivity index (χ4v) is 2.35. The van der Waals surface area contributed by atoms with Gasteiger partial charge in [-0.25, -0.2) is 0 Å². The molecule has 5 heteroatoms. The third kappa shape index (κ3) is 4.18. The predicted molar refractivity (Wildman–Crippen MR) is 88.8 cm³/mol. The Balaban J connectivity index is 1.89. The molecule has 0 fully saturated rings. The highest BCUT2D eigenvalue weighted by molar-refractivity contribution is 5.93. The van der Waals surface area contributed by atoms with Gasteiger partial charge in [0.2, 0.25) is 5.91 Å². The van der Waals surface area contributed by atoms with E-state index in [-0.39, 0.29) is 5.91 Å². The molecule has 0 aliphatic rings. The number of hydrogen-bond donors (Lipinski definition) is 1. The quantitative estimate of drug-likeness (QED) is 0.892. The molecule has 2 aromatic rings. The van der Waals surface area contributed by atoms with E-state index in [0.717, 1.165) is 23.4 Å². The van der Waals surface area contributed by atoms with Crippen LogP contribution in [0.4, 0.5) is 5.69 Å². The largest absolute Gasteiger partial charge is 0.325 e. The molecule has 2 rings (SSSR count). The van der Waals surface area contributed by atoms with Gasteiger partial charge in [0.05, 0.1) is 12.7 Å². The first-order chi connectivity index (χ1) is 10.5. The molecule has 0 saturated carbocycles. The van der Waals surface area contributed by atoms with Crippen molar-refractivity contribution >= 4 is 11.6 Å². The van der Waals surface area contributed by atoms with E-state index in [0.29, 0.717) is 13.1 Å². The molecule has 1 amide bonds. The number of anilines is 1. The third-order valence-corrected chi connectivity index (χ3v) is 3.76. The van der Waals surface area contributed by atoms with Crippen LogP contribution in [0.5, 0.6) is 0 Å². The average Bonchev–Trinajstić information content (AvgIpc) is 2.91. The molecule has 1 aromatic heterocycles. The maximum atomic E-state index is 12.2. The highest BCUT2D eigenvalue weighted by atomic mass is 16.2. The predicted octanol–water partition coefficient (Wildman–Crippen LogP) is 2.59. The fourth-order valence-electron chi connectivity index (χ4n) is 2.35. The van der Waals surface area contributed by atoms with Gasteiger partial charge in [0.15, 0.2) is 0 Å². The minimum atomic E-state index is -0.000849. The number of nitrogens with zero attached hydrogens (tertiary/aromatic N) is 3. The van der Waals surface area contributed by atoms with Crippen molar-refractivity contribution in [2.45, 2.75) is 33.9 Å². The van der Waals surface area contributed by atoms with Gasteiger partial charge in [0.1, 0.15) is 0 Å². The second kappa shape index (κ2) is 7.22. The minimum absolute atomic E-state index is 0.000849. The zero-order valence-corrected chi connectivity index (χ0v) is 13.8. The molecule has 0 aliphatic carbocycles. The maximum Gasteiger partial charge on any atom is 0.238 e. The van der Waals surface area contributed by atoms with Crippen LogP contribution in [0.15, 0.2) is 30.6 Å². The first-order valence-electron chi connectivity index (χ1n) is 7.55. The molecule has 5 nitrogen and oxygen atoms in total. The molecule has 0 saturated heterocycles. The lowest BCUT2D eigenvalue weighted by atomic mass is 10.1. The van der Waals surface area contributed by atoms with Gasteiger partial charge in [-0.15, -0.1) is 0 Å².